The Morgan fingerprint density at radius 3 is 2.42 bits per heavy atom. The van der Waals surface area contributed by atoms with E-state index in [0.717, 1.165) is 25.7 Å². The smallest absolute Gasteiger partial charge is 0.267 e. The Hall–Kier alpha value is -2.50. The predicted molar refractivity (Wildman–Crippen MR) is 98.2 cm³/mol. The number of benzene rings is 1. The molecular formula is C20H24FN3O2. The van der Waals surface area contributed by atoms with Crippen LogP contribution in [-0.2, 0) is 4.79 Å². The van der Waals surface area contributed by atoms with Crippen molar-refractivity contribution in [1.82, 2.24) is 15.1 Å². The molecule has 0 aliphatic heterocycles. The first kappa shape index (κ1) is 18.3. The van der Waals surface area contributed by atoms with Crippen molar-refractivity contribution in [1.29, 1.82) is 0 Å². The molecule has 26 heavy (non-hydrogen) atoms. The highest BCUT2D eigenvalue weighted by Crippen LogP contribution is 2.19. The summed E-state index contributed by atoms with van der Waals surface area (Å²) in [5.41, 5.74) is 0.884. The maximum atomic E-state index is 13.1. The Morgan fingerprint density at radius 2 is 1.77 bits per heavy atom. The molecule has 6 heteroatoms. The van der Waals surface area contributed by atoms with Crippen molar-refractivity contribution >= 4 is 5.91 Å². The molecule has 0 radical (unpaired) electrons. The van der Waals surface area contributed by atoms with Gasteiger partial charge in [0.15, 0.2) is 0 Å². The first-order valence-corrected chi connectivity index (χ1v) is 9.21. The van der Waals surface area contributed by atoms with Crippen molar-refractivity contribution in [3.63, 3.8) is 0 Å². The van der Waals surface area contributed by atoms with Crippen LogP contribution in [0.2, 0.25) is 0 Å². The van der Waals surface area contributed by atoms with Gasteiger partial charge in [-0.3, -0.25) is 9.59 Å². The maximum absolute atomic E-state index is 13.1. The Morgan fingerprint density at radius 1 is 1.12 bits per heavy atom. The number of hydrogen-bond donors (Lipinski definition) is 1. The first-order chi connectivity index (χ1) is 12.5. The lowest BCUT2D eigenvalue weighted by molar-refractivity contribution is -0.125. The van der Waals surface area contributed by atoms with Crippen molar-refractivity contribution in [3.05, 3.63) is 52.6 Å². The molecule has 1 aromatic carbocycles. The summed E-state index contributed by atoms with van der Waals surface area (Å²) in [5, 5.41) is 7.39. The number of carbonyl (C=O) groups is 1. The summed E-state index contributed by atoms with van der Waals surface area (Å²) in [6, 6.07) is 8.33. The summed E-state index contributed by atoms with van der Waals surface area (Å²) in [6.07, 6.45) is 6.63. The second-order valence-electron chi connectivity index (χ2n) is 6.88. The van der Waals surface area contributed by atoms with E-state index in [1.807, 2.05) is 0 Å². The number of hydrogen-bond acceptors (Lipinski definition) is 3. The molecule has 1 aromatic heterocycles. The van der Waals surface area contributed by atoms with E-state index in [1.54, 1.807) is 25.1 Å². The van der Waals surface area contributed by atoms with Gasteiger partial charge in [-0.2, -0.15) is 5.10 Å². The average molecular weight is 357 g/mol. The van der Waals surface area contributed by atoms with Gasteiger partial charge in [0.05, 0.1) is 5.69 Å². The largest absolute Gasteiger partial charge is 0.352 e. The molecule has 1 N–H and O–H groups in total. The molecule has 0 spiro atoms. The van der Waals surface area contributed by atoms with E-state index in [2.05, 4.69) is 10.4 Å². The van der Waals surface area contributed by atoms with Crippen molar-refractivity contribution in [2.75, 3.05) is 0 Å². The molecule has 1 unspecified atom stereocenters. The summed E-state index contributed by atoms with van der Waals surface area (Å²) < 4.78 is 14.3. The Balaban J connectivity index is 1.78. The zero-order valence-corrected chi connectivity index (χ0v) is 15.0. The van der Waals surface area contributed by atoms with Gasteiger partial charge < -0.3 is 5.32 Å². The monoisotopic (exact) mass is 357 g/mol. The van der Waals surface area contributed by atoms with Crippen molar-refractivity contribution < 1.29 is 9.18 Å². The van der Waals surface area contributed by atoms with Gasteiger partial charge in [-0.15, -0.1) is 0 Å². The van der Waals surface area contributed by atoms with Crippen molar-refractivity contribution in [3.8, 4) is 11.3 Å². The summed E-state index contributed by atoms with van der Waals surface area (Å²) in [6.45, 7) is 1.68. The van der Waals surface area contributed by atoms with Gasteiger partial charge in [0.25, 0.3) is 5.56 Å². The van der Waals surface area contributed by atoms with E-state index >= 15 is 0 Å². The lowest BCUT2D eigenvalue weighted by atomic mass is 10.1. The highest BCUT2D eigenvalue weighted by molar-refractivity contribution is 5.80. The molecule has 1 atom stereocenters. The fraction of sp³-hybridized carbons (Fsp3) is 0.450. The van der Waals surface area contributed by atoms with Gasteiger partial charge >= 0.3 is 0 Å². The van der Waals surface area contributed by atoms with E-state index in [0.29, 0.717) is 11.3 Å². The highest BCUT2D eigenvalue weighted by Gasteiger charge is 2.22. The average Bonchev–Trinajstić information content (AvgIpc) is 2.91. The highest BCUT2D eigenvalue weighted by atomic mass is 19.1. The summed E-state index contributed by atoms with van der Waals surface area (Å²) in [4.78, 5) is 24.8. The third-order valence-electron chi connectivity index (χ3n) is 4.91. The van der Waals surface area contributed by atoms with Gasteiger partial charge in [0, 0.05) is 17.7 Å². The molecule has 0 saturated heterocycles. The minimum atomic E-state index is -0.703. The normalized spacial score (nSPS) is 16.7. The van der Waals surface area contributed by atoms with Gasteiger partial charge in [0.2, 0.25) is 5.91 Å². The zero-order valence-electron chi connectivity index (χ0n) is 15.0. The van der Waals surface area contributed by atoms with Gasteiger partial charge in [-0.05, 0) is 50.1 Å². The fourth-order valence-corrected chi connectivity index (χ4v) is 3.33. The number of halogens is 1. The fourth-order valence-electron chi connectivity index (χ4n) is 3.33. The lowest BCUT2D eigenvalue weighted by Gasteiger charge is -2.20. The second kappa shape index (κ2) is 8.25. The van der Waals surface area contributed by atoms with Crippen LogP contribution in [0.5, 0.6) is 0 Å². The maximum Gasteiger partial charge on any atom is 0.267 e. The topological polar surface area (TPSA) is 64.0 Å². The number of aromatic nitrogens is 2. The number of carbonyl (C=O) groups excluding carboxylic acids is 1. The summed E-state index contributed by atoms with van der Waals surface area (Å²) in [5.74, 6) is -0.527. The van der Waals surface area contributed by atoms with Crippen LogP contribution in [0, 0.1) is 5.82 Å². The predicted octanol–water partition coefficient (Wildman–Crippen LogP) is 3.45. The van der Waals surface area contributed by atoms with E-state index in [-0.39, 0.29) is 23.3 Å². The van der Waals surface area contributed by atoms with Crippen LogP contribution in [-0.4, -0.2) is 21.7 Å². The van der Waals surface area contributed by atoms with E-state index in [9.17, 15) is 14.0 Å². The van der Waals surface area contributed by atoms with E-state index in [1.165, 1.54) is 35.7 Å². The number of rotatable bonds is 4. The molecule has 2 aromatic rings. The third kappa shape index (κ3) is 4.36. The van der Waals surface area contributed by atoms with Gasteiger partial charge in [-0.25, -0.2) is 9.07 Å². The second-order valence-corrected chi connectivity index (χ2v) is 6.88. The molecule has 3 rings (SSSR count). The number of nitrogens with one attached hydrogen (secondary N) is 1. The Bertz CT molecular complexity index is 809. The summed E-state index contributed by atoms with van der Waals surface area (Å²) in [7, 11) is 0. The SMILES string of the molecule is CC(C(=O)NC1CCCCCC1)n1nc(-c2ccc(F)cc2)ccc1=O. The molecule has 0 bridgehead atoms. The van der Waals surface area contributed by atoms with Gasteiger partial charge in [0.1, 0.15) is 11.9 Å². The van der Waals surface area contributed by atoms with Crippen molar-refractivity contribution in [2.45, 2.75) is 57.5 Å². The third-order valence-corrected chi connectivity index (χ3v) is 4.91. The van der Waals surface area contributed by atoms with Crippen LogP contribution in [0.1, 0.15) is 51.5 Å². The van der Waals surface area contributed by atoms with Crippen molar-refractivity contribution in [2.24, 2.45) is 0 Å². The van der Waals surface area contributed by atoms with Crippen LogP contribution in [0.15, 0.2) is 41.2 Å². The molecule has 1 aliphatic carbocycles. The Kier molecular flexibility index (Phi) is 5.81. The van der Waals surface area contributed by atoms with E-state index < -0.39 is 6.04 Å². The molecule has 1 heterocycles. The molecule has 1 aliphatic rings. The standard InChI is InChI=1S/C20H24FN3O2/c1-14(20(26)22-17-6-4-2-3-5-7-17)24-19(25)13-12-18(23-24)15-8-10-16(21)11-9-15/h8-14,17H,2-7H2,1H3,(H,22,26). The Labute approximate surface area is 152 Å². The van der Waals surface area contributed by atoms with Crippen LogP contribution in [0.4, 0.5) is 4.39 Å². The lowest BCUT2D eigenvalue weighted by Crippen LogP contribution is -2.41. The minimum absolute atomic E-state index is 0.170. The quantitative estimate of drug-likeness (QED) is 0.853. The molecular weight excluding hydrogens is 333 g/mol. The van der Waals surface area contributed by atoms with E-state index in [4.69, 9.17) is 0 Å². The van der Waals surface area contributed by atoms with Crippen LogP contribution in [0.25, 0.3) is 11.3 Å². The first-order valence-electron chi connectivity index (χ1n) is 9.21. The zero-order chi connectivity index (χ0) is 18.5. The van der Waals surface area contributed by atoms with Crippen LogP contribution < -0.4 is 10.9 Å². The molecule has 1 amide bonds. The molecule has 138 valence electrons. The molecule has 1 saturated carbocycles. The minimum Gasteiger partial charge on any atom is -0.352 e. The molecule has 1 fully saturated rings. The van der Waals surface area contributed by atoms with Crippen LogP contribution in [0.3, 0.4) is 0 Å². The number of amides is 1. The van der Waals surface area contributed by atoms with Gasteiger partial charge in [-0.1, -0.05) is 25.7 Å². The van der Waals surface area contributed by atoms with Crippen LogP contribution >= 0.6 is 0 Å². The summed E-state index contributed by atoms with van der Waals surface area (Å²) >= 11 is 0. The number of nitrogens with zero attached hydrogens (tertiary/aromatic N) is 2. The molecule has 5 nitrogen and oxygen atoms in total.